The third kappa shape index (κ3) is 3.54. The van der Waals surface area contributed by atoms with Crippen molar-refractivity contribution in [1.29, 1.82) is 0 Å². The van der Waals surface area contributed by atoms with Gasteiger partial charge in [-0.15, -0.1) is 13.2 Å². The molecule has 1 aromatic carbocycles. The van der Waals surface area contributed by atoms with Crippen molar-refractivity contribution in [2.75, 3.05) is 7.11 Å². The summed E-state index contributed by atoms with van der Waals surface area (Å²) in [5, 5.41) is 0. The van der Waals surface area contributed by atoms with E-state index in [-0.39, 0.29) is 5.75 Å². The number of hydrogen-bond acceptors (Lipinski definition) is 3. The summed E-state index contributed by atoms with van der Waals surface area (Å²) in [6.07, 6.45) is -5.15. The Bertz CT molecular complexity index is 363. The number of hydrogen-bond donors (Lipinski definition) is 0. The lowest BCUT2D eigenvalue weighted by molar-refractivity contribution is -0.274. The van der Waals surface area contributed by atoms with Crippen LogP contribution in [0.5, 0.6) is 5.75 Å². The van der Waals surface area contributed by atoms with Crippen LogP contribution in [-0.4, -0.2) is 19.8 Å². The van der Waals surface area contributed by atoms with E-state index in [0.29, 0.717) is 11.8 Å². The zero-order valence-electron chi connectivity index (χ0n) is 8.32. The highest BCUT2D eigenvalue weighted by atomic mass is 19.4. The molecule has 0 fully saturated rings. The van der Waals surface area contributed by atoms with Crippen molar-refractivity contribution in [3.63, 3.8) is 0 Å². The molecule has 1 aromatic rings. The molecule has 0 radical (unpaired) electrons. The third-order valence-electron chi connectivity index (χ3n) is 1.80. The van der Waals surface area contributed by atoms with Crippen LogP contribution in [0.4, 0.5) is 13.2 Å². The monoisotopic (exact) mass is 234 g/mol. The van der Waals surface area contributed by atoms with Gasteiger partial charge in [-0.2, -0.15) is 0 Å². The SMILES string of the molecule is CO[C@H](C=O)c1cccc(OC(F)(F)F)c1. The minimum Gasteiger partial charge on any atom is -0.406 e. The predicted octanol–water partition coefficient (Wildman–Crippen LogP) is 2.47. The maximum atomic E-state index is 11.9. The summed E-state index contributed by atoms with van der Waals surface area (Å²) >= 11 is 0. The number of carbonyl (C=O) groups excluding carboxylic acids is 1. The largest absolute Gasteiger partial charge is 0.573 e. The molecular formula is C10H9F3O3. The maximum absolute atomic E-state index is 11.9. The molecule has 1 atom stereocenters. The van der Waals surface area contributed by atoms with E-state index in [0.717, 1.165) is 12.1 Å². The zero-order valence-corrected chi connectivity index (χ0v) is 8.32. The highest BCUT2D eigenvalue weighted by Gasteiger charge is 2.31. The van der Waals surface area contributed by atoms with E-state index in [4.69, 9.17) is 4.74 Å². The number of halogens is 3. The molecule has 0 aliphatic rings. The highest BCUT2D eigenvalue weighted by Crippen LogP contribution is 2.25. The van der Waals surface area contributed by atoms with E-state index >= 15 is 0 Å². The van der Waals surface area contributed by atoms with Gasteiger partial charge in [0.05, 0.1) is 0 Å². The Kier molecular flexibility index (Phi) is 3.89. The van der Waals surface area contributed by atoms with Gasteiger partial charge in [0, 0.05) is 7.11 Å². The van der Waals surface area contributed by atoms with Gasteiger partial charge in [0.2, 0.25) is 0 Å². The molecule has 16 heavy (non-hydrogen) atoms. The van der Waals surface area contributed by atoms with Crippen molar-refractivity contribution in [1.82, 2.24) is 0 Å². The van der Waals surface area contributed by atoms with Crippen LogP contribution in [0.3, 0.4) is 0 Å². The number of carbonyl (C=O) groups is 1. The van der Waals surface area contributed by atoms with Crippen LogP contribution in [0.2, 0.25) is 0 Å². The lowest BCUT2D eigenvalue weighted by atomic mass is 10.1. The van der Waals surface area contributed by atoms with Gasteiger partial charge in [0.1, 0.15) is 11.9 Å². The van der Waals surface area contributed by atoms with E-state index in [1.165, 1.54) is 19.2 Å². The van der Waals surface area contributed by atoms with Gasteiger partial charge in [-0.05, 0) is 17.7 Å². The molecule has 6 heteroatoms. The first-order chi connectivity index (χ1) is 7.46. The number of ether oxygens (including phenoxy) is 2. The second-order valence-corrected chi connectivity index (χ2v) is 2.91. The van der Waals surface area contributed by atoms with Gasteiger partial charge < -0.3 is 14.3 Å². The summed E-state index contributed by atoms with van der Waals surface area (Å²) in [5.74, 6) is -0.381. The molecule has 0 aliphatic heterocycles. The molecule has 0 spiro atoms. The fourth-order valence-corrected chi connectivity index (χ4v) is 1.16. The molecule has 0 unspecified atom stereocenters. The first kappa shape index (κ1) is 12.5. The minimum absolute atomic E-state index is 0.305. The van der Waals surface area contributed by atoms with Crippen molar-refractivity contribution in [3.05, 3.63) is 29.8 Å². The summed E-state index contributed by atoms with van der Waals surface area (Å²) in [5.41, 5.74) is 0.305. The van der Waals surface area contributed by atoms with Gasteiger partial charge in [-0.25, -0.2) is 0 Å². The molecule has 0 saturated carbocycles. The van der Waals surface area contributed by atoms with E-state index in [1.807, 2.05) is 0 Å². The van der Waals surface area contributed by atoms with Crippen LogP contribution >= 0.6 is 0 Å². The second-order valence-electron chi connectivity index (χ2n) is 2.91. The summed E-state index contributed by atoms with van der Waals surface area (Å²) in [4.78, 5) is 10.5. The molecule has 1 rings (SSSR count). The molecule has 0 heterocycles. The lowest BCUT2D eigenvalue weighted by Crippen LogP contribution is -2.17. The van der Waals surface area contributed by atoms with Crippen LogP contribution in [0.1, 0.15) is 11.7 Å². The summed E-state index contributed by atoms with van der Waals surface area (Å²) in [6, 6.07) is 5.09. The molecule has 0 aromatic heterocycles. The number of benzene rings is 1. The van der Waals surface area contributed by atoms with Gasteiger partial charge >= 0.3 is 6.36 Å². The quantitative estimate of drug-likeness (QED) is 0.751. The first-order valence-electron chi connectivity index (χ1n) is 4.30. The number of alkyl halides is 3. The fourth-order valence-electron chi connectivity index (χ4n) is 1.16. The third-order valence-corrected chi connectivity index (χ3v) is 1.80. The van der Waals surface area contributed by atoms with Crippen molar-refractivity contribution in [2.45, 2.75) is 12.5 Å². The van der Waals surface area contributed by atoms with E-state index < -0.39 is 12.5 Å². The molecule has 0 amide bonds. The second kappa shape index (κ2) is 4.98. The average Bonchev–Trinajstić information content (AvgIpc) is 2.17. The van der Waals surface area contributed by atoms with Crippen LogP contribution in [0.25, 0.3) is 0 Å². The van der Waals surface area contributed by atoms with E-state index in [2.05, 4.69) is 4.74 Å². The smallest absolute Gasteiger partial charge is 0.406 e. The predicted molar refractivity (Wildman–Crippen MR) is 48.9 cm³/mol. The average molecular weight is 234 g/mol. The Morgan fingerprint density at radius 1 is 1.38 bits per heavy atom. The first-order valence-corrected chi connectivity index (χ1v) is 4.30. The van der Waals surface area contributed by atoms with Gasteiger partial charge in [-0.3, -0.25) is 0 Å². The van der Waals surface area contributed by atoms with Gasteiger partial charge in [0.25, 0.3) is 0 Å². The Morgan fingerprint density at radius 2 is 2.06 bits per heavy atom. The topological polar surface area (TPSA) is 35.5 Å². The van der Waals surface area contributed by atoms with Crippen LogP contribution in [0, 0.1) is 0 Å². The van der Waals surface area contributed by atoms with Crippen molar-refractivity contribution >= 4 is 6.29 Å². The molecular weight excluding hydrogens is 225 g/mol. The number of aldehydes is 1. The van der Waals surface area contributed by atoms with Crippen LogP contribution in [0.15, 0.2) is 24.3 Å². The molecule has 0 aliphatic carbocycles. The Balaban J connectivity index is 2.90. The molecule has 0 N–H and O–H groups in total. The maximum Gasteiger partial charge on any atom is 0.573 e. The number of rotatable bonds is 4. The van der Waals surface area contributed by atoms with Gasteiger partial charge in [0.15, 0.2) is 6.29 Å². The molecule has 3 nitrogen and oxygen atoms in total. The van der Waals surface area contributed by atoms with Crippen molar-refractivity contribution in [2.24, 2.45) is 0 Å². The van der Waals surface area contributed by atoms with Crippen molar-refractivity contribution in [3.8, 4) is 5.75 Å². The fraction of sp³-hybridized carbons (Fsp3) is 0.300. The van der Waals surface area contributed by atoms with Crippen LogP contribution in [-0.2, 0) is 9.53 Å². The standard InChI is InChI=1S/C10H9F3O3/c1-15-9(6-14)7-3-2-4-8(5-7)16-10(11,12)13/h2-6,9H,1H3/t9-/m1/s1. The summed E-state index contributed by atoms with van der Waals surface area (Å²) < 4.78 is 44.2. The number of methoxy groups -OCH3 is 1. The summed E-state index contributed by atoms with van der Waals surface area (Å²) in [6.45, 7) is 0. The van der Waals surface area contributed by atoms with E-state index in [9.17, 15) is 18.0 Å². The Morgan fingerprint density at radius 3 is 2.56 bits per heavy atom. The Hall–Kier alpha value is -1.56. The Labute approximate surface area is 89.8 Å². The zero-order chi connectivity index (χ0) is 12.2. The highest BCUT2D eigenvalue weighted by molar-refractivity contribution is 5.60. The molecule has 0 saturated heterocycles. The lowest BCUT2D eigenvalue weighted by Gasteiger charge is -2.12. The van der Waals surface area contributed by atoms with Crippen LogP contribution < -0.4 is 4.74 Å². The van der Waals surface area contributed by atoms with E-state index in [1.54, 1.807) is 0 Å². The van der Waals surface area contributed by atoms with Gasteiger partial charge in [-0.1, -0.05) is 12.1 Å². The normalized spacial score (nSPS) is 13.2. The molecule has 88 valence electrons. The molecule has 0 bridgehead atoms. The summed E-state index contributed by atoms with van der Waals surface area (Å²) in [7, 11) is 1.29. The minimum atomic E-state index is -4.75. The van der Waals surface area contributed by atoms with Crippen molar-refractivity contribution < 1.29 is 27.4 Å².